The van der Waals surface area contributed by atoms with E-state index >= 15 is 0 Å². The molecule has 0 heterocycles. The van der Waals surface area contributed by atoms with Gasteiger partial charge in [0.05, 0.1) is 7.11 Å². The van der Waals surface area contributed by atoms with Gasteiger partial charge in [-0.2, -0.15) is 0 Å². The Morgan fingerprint density at radius 1 is 1.33 bits per heavy atom. The second-order valence-corrected chi connectivity index (χ2v) is 5.37. The Hall–Kier alpha value is -1.22. The maximum absolute atomic E-state index is 10.0. The van der Waals surface area contributed by atoms with E-state index in [1.54, 1.807) is 13.2 Å². The highest BCUT2D eigenvalue weighted by Gasteiger charge is 2.29. The number of benzene rings is 1. The van der Waals surface area contributed by atoms with Crippen LogP contribution in [0, 0.1) is 11.8 Å². The summed E-state index contributed by atoms with van der Waals surface area (Å²) >= 11 is 0. The fourth-order valence-electron chi connectivity index (χ4n) is 2.77. The molecule has 3 atom stereocenters. The fraction of sp³-hybridized carbons (Fsp3) is 0.600. The number of methoxy groups -OCH3 is 1. The highest BCUT2D eigenvalue weighted by Crippen LogP contribution is 2.33. The predicted molar refractivity (Wildman–Crippen MR) is 72.8 cm³/mol. The van der Waals surface area contributed by atoms with Gasteiger partial charge in [0.2, 0.25) is 0 Å². The van der Waals surface area contributed by atoms with Gasteiger partial charge in [0.15, 0.2) is 11.5 Å². The van der Waals surface area contributed by atoms with E-state index in [2.05, 4.69) is 19.2 Å². The minimum absolute atomic E-state index is 0.256. The normalized spacial score (nSPS) is 27.4. The Morgan fingerprint density at radius 3 is 2.72 bits per heavy atom. The van der Waals surface area contributed by atoms with Gasteiger partial charge < -0.3 is 15.2 Å². The fourth-order valence-corrected chi connectivity index (χ4v) is 2.77. The molecule has 1 aliphatic rings. The van der Waals surface area contributed by atoms with Gasteiger partial charge in [-0.1, -0.05) is 26.0 Å². The van der Waals surface area contributed by atoms with Gasteiger partial charge in [0.1, 0.15) is 0 Å². The first-order valence-electron chi connectivity index (χ1n) is 6.71. The van der Waals surface area contributed by atoms with Crippen LogP contribution >= 0.6 is 0 Å². The van der Waals surface area contributed by atoms with Crippen molar-refractivity contribution in [3.63, 3.8) is 0 Å². The topological polar surface area (TPSA) is 41.5 Å². The number of hydrogen-bond acceptors (Lipinski definition) is 3. The second-order valence-electron chi connectivity index (χ2n) is 5.37. The molecule has 0 aromatic heterocycles. The van der Waals surface area contributed by atoms with E-state index in [0.717, 1.165) is 11.5 Å². The monoisotopic (exact) mass is 249 g/mol. The number of para-hydroxylation sites is 1. The van der Waals surface area contributed by atoms with Gasteiger partial charge in [-0.25, -0.2) is 0 Å². The van der Waals surface area contributed by atoms with Gasteiger partial charge >= 0.3 is 0 Å². The number of phenols is 1. The number of rotatable bonds is 4. The van der Waals surface area contributed by atoms with E-state index in [1.807, 2.05) is 12.1 Å². The maximum atomic E-state index is 10.0. The lowest BCUT2D eigenvalue weighted by Gasteiger charge is -2.20. The maximum Gasteiger partial charge on any atom is 0.162 e. The lowest BCUT2D eigenvalue weighted by molar-refractivity contribution is 0.356. The highest BCUT2D eigenvalue weighted by atomic mass is 16.5. The Bertz CT molecular complexity index is 405. The highest BCUT2D eigenvalue weighted by molar-refractivity contribution is 5.45. The van der Waals surface area contributed by atoms with Crippen molar-refractivity contribution in [3.05, 3.63) is 23.8 Å². The number of aromatic hydroxyl groups is 1. The number of phenolic OH excluding ortho intramolecular Hbond substituents is 1. The third-order valence-electron chi connectivity index (χ3n) is 4.32. The van der Waals surface area contributed by atoms with Crippen molar-refractivity contribution in [2.45, 2.75) is 39.3 Å². The van der Waals surface area contributed by atoms with Crippen LogP contribution in [0.5, 0.6) is 11.5 Å². The van der Waals surface area contributed by atoms with Crippen LogP contribution in [-0.4, -0.2) is 18.3 Å². The lowest BCUT2D eigenvalue weighted by Crippen LogP contribution is -2.31. The van der Waals surface area contributed by atoms with Crippen LogP contribution in [0.3, 0.4) is 0 Å². The molecule has 3 unspecified atom stereocenters. The van der Waals surface area contributed by atoms with Crippen LogP contribution in [0.15, 0.2) is 18.2 Å². The van der Waals surface area contributed by atoms with Gasteiger partial charge in [0, 0.05) is 18.2 Å². The number of ether oxygens (including phenoxy) is 1. The van der Waals surface area contributed by atoms with Crippen molar-refractivity contribution < 1.29 is 9.84 Å². The van der Waals surface area contributed by atoms with Gasteiger partial charge in [-0.15, -0.1) is 0 Å². The molecule has 1 aromatic rings. The summed E-state index contributed by atoms with van der Waals surface area (Å²) < 4.78 is 5.12. The zero-order valence-corrected chi connectivity index (χ0v) is 11.4. The standard InChI is InChI=1S/C15H23NO2/c1-10-7-8-13(11(10)2)16-9-12-5-4-6-14(18-3)15(12)17/h4-6,10-11,13,16-17H,7-9H2,1-3H3. The van der Waals surface area contributed by atoms with E-state index in [9.17, 15) is 5.11 Å². The van der Waals surface area contributed by atoms with Crippen molar-refractivity contribution in [1.29, 1.82) is 0 Å². The molecule has 3 heteroatoms. The second kappa shape index (κ2) is 5.61. The minimum Gasteiger partial charge on any atom is -0.504 e. The molecule has 1 saturated carbocycles. The molecular formula is C15H23NO2. The quantitative estimate of drug-likeness (QED) is 0.862. The zero-order valence-electron chi connectivity index (χ0n) is 11.4. The Morgan fingerprint density at radius 2 is 2.11 bits per heavy atom. The van der Waals surface area contributed by atoms with Crippen LogP contribution in [0.25, 0.3) is 0 Å². The summed E-state index contributed by atoms with van der Waals surface area (Å²) in [5.41, 5.74) is 0.904. The molecule has 0 bridgehead atoms. The molecule has 100 valence electrons. The Labute approximate surface area is 109 Å². The Balaban J connectivity index is 1.98. The molecule has 0 saturated heterocycles. The summed E-state index contributed by atoms with van der Waals surface area (Å²) in [6.45, 7) is 5.32. The summed E-state index contributed by atoms with van der Waals surface area (Å²) in [6, 6.07) is 6.19. The van der Waals surface area contributed by atoms with E-state index in [1.165, 1.54) is 12.8 Å². The third kappa shape index (κ3) is 2.61. The van der Waals surface area contributed by atoms with Crippen molar-refractivity contribution in [2.24, 2.45) is 11.8 Å². The molecule has 0 amide bonds. The van der Waals surface area contributed by atoms with E-state index in [-0.39, 0.29) is 5.75 Å². The summed E-state index contributed by atoms with van der Waals surface area (Å²) in [4.78, 5) is 0. The molecule has 2 rings (SSSR count). The summed E-state index contributed by atoms with van der Waals surface area (Å²) in [5, 5.41) is 13.6. The molecule has 0 aliphatic heterocycles. The average Bonchev–Trinajstić information content (AvgIpc) is 2.69. The first kappa shape index (κ1) is 13.2. The Kier molecular flexibility index (Phi) is 4.12. The van der Waals surface area contributed by atoms with Crippen molar-refractivity contribution >= 4 is 0 Å². The van der Waals surface area contributed by atoms with Gasteiger partial charge in [0.25, 0.3) is 0 Å². The molecule has 1 fully saturated rings. The molecule has 18 heavy (non-hydrogen) atoms. The van der Waals surface area contributed by atoms with Crippen LogP contribution in [-0.2, 0) is 6.54 Å². The molecule has 0 radical (unpaired) electrons. The zero-order chi connectivity index (χ0) is 13.1. The SMILES string of the molecule is COc1cccc(CNC2CCC(C)C2C)c1O. The molecule has 1 aromatic carbocycles. The first-order valence-corrected chi connectivity index (χ1v) is 6.71. The van der Waals surface area contributed by atoms with Crippen molar-refractivity contribution in [2.75, 3.05) is 7.11 Å². The van der Waals surface area contributed by atoms with E-state index in [4.69, 9.17) is 4.74 Å². The smallest absolute Gasteiger partial charge is 0.162 e. The minimum atomic E-state index is 0.256. The number of hydrogen-bond donors (Lipinski definition) is 2. The van der Waals surface area contributed by atoms with Crippen LogP contribution < -0.4 is 10.1 Å². The van der Waals surface area contributed by atoms with E-state index in [0.29, 0.717) is 24.3 Å². The van der Waals surface area contributed by atoms with Crippen molar-refractivity contribution in [1.82, 2.24) is 5.32 Å². The molecule has 1 aliphatic carbocycles. The molecule has 2 N–H and O–H groups in total. The van der Waals surface area contributed by atoms with Crippen LogP contribution in [0.1, 0.15) is 32.3 Å². The molecular weight excluding hydrogens is 226 g/mol. The van der Waals surface area contributed by atoms with Gasteiger partial charge in [-0.3, -0.25) is 0 Å². The molecule has 0 spiro atoms. The summed E-state index contributed by atoms with van der Waals surface area (Å²) in [6.07, 6.45) is 2.52. The van der Waals surface area contributed by atoms with Gasteiger partial charge in [-0.05, 0) is 30.7 Å². The largest absolute Gasteiger partial charge is 0.504 e. The average molecular weight is 249 g/mol. The first-order chi connectivity index (χ1) is 8.63. The number of nitrogens with one attached hydrogen (secondary N) is 1. The van der Waals surface area contributed by atoms with Crippen LogP contribution in [0.4, 0.5) is 0 Å². The molecule has 3 nitrogen and oxygen atoms in total. The predicted octanol–water partition coefficient (Wildman–Crippen LogP) is 2.93. The van der Waals surface area contributed by atoms with Crippen molar-refractivity contribution in [3.8, 4) is 11.5 Å². The third-order valence-corrected chi connectivity index (χ3v) is 4.32. The summed E-state index contributed by atoms with van der Waals surface area (Å²) in [5.74, 6) is 2.30. The van der Waals surface area contributed by atoms with Crippen LogP contribution in [0.2, 0.25) is 0 Å². The lowest BCUT2D eigenvalue weighted by atomic mass is 9.97. The summed E-state index contributed by atoms with van der Waals surface area (Å²) in [7, 11) is 1.58. The van der Waals surface area contributed by atoms with E-state index < -0.39 is 0 Å².